The van der Waals surface area contributed by atoms with Crippen LogP contribution in [0.4, 0.5) is 17.1 Å². The normalized spacial score (nSPS) is 10.4. The van der Waals surface area contributed by atoms with E-state index in [2.05, 4.69) is 10.6 Å². The van der Waals surface area contributed by atoms with Crippen LogP contribution in [0.3, 0.4) is 0 Å². The third-order valence-corrected chi connectivity index (χ3v) is 5.56. The van der Waals surface area contributed by atoms with Crippen molar-refractivity contribution in [1.29, 1.82) is 0 Å². The van der Waals surface area contributed by atoms with E-state index in [4.69, 9.17) is 0 Å². The number of rotatable bonds is 10. The van der Waals surface area contributed by atoms with Gasteiger partial charge >= 0.3 is 0 Å². The molecule has 7 nitrogen and oxygen atoms in total. The molecule has 0 aromatic heterocycles. The van der Waals surface area contributed by atoms with Crippen LogP contribution in [0.25, 0.3) is 0 Å². The second-order valence-corrected chi connectivity index (χ2v) is 8.35. The molecule has 0 atom stereocenters. The van der Waals surface area contributed by atoms with Gasteiger partial charge in [-0.05, 0) is 61.4 Å². The van der Waals surface area contributed by atoms with E-state index in [0.29, 0.717) is 30.6 Å². The van der Waals surface area contributed by atoms with Gasteiger partial charge in [0.1, 0.15) is 0 Å². The molecule has 7 heteroatoms. The quantitative estimate of drug-likeness (QED) is 0.458. The number of hydrogen-bond donors (Lipinski definition) is 2. The largest absolute Gasteiger partial charge is 0.376 e. The Kier molecular flexibility index (Phi) is 9.01. The molecule has 0 spiro atoms. The predicted octanol–water partition coefficient (Wildman–Crippen LogP) is 4.42. The summed E-state index contributed by atoms with van der Waals surface area (Å²) < 4.78 is 0. The summed E-state index contributed by atoms with van der Waals surface area (Å²) in [5.41, 5.74) is 3.77. The zero-order valence-corrected chi connectivity index (χ0v) is 20.5. The number of anilines is 3. The Morgan fingerprint density at radius 3 is 2.20 bits per heavy atom. The maximum absolute atomic E-state index is 13.0. The molecule has 3 amide bonds. The number of amides is 3. The molecule has 3 aromatic carbocycles. The van der Waals surface area contributed by atoms with Crippen LogP contribution in [0.5, 0.6) is 0 Å². The minimum atomic E-state index is -0.217. The van der Waals surface area contributed by atoms with Crippen LogP contribution in [-0.2, 0) is 16.0 Å². The van der Waals surface area contributed by atoms with Crippen LogP contribution in [0.2, 0.25) is 0 Å². The van der Waals surface area contributed by atoms with E-state index in [1.54, 1.807) is 48.2 Å². The maximum Gasteiger partial charge on any atom is 0.258 e. The minimum absolute atomic E-state index is 0.0851. The number of hydrogen-bond acceptors (Lipinski definition) is 4. The molecule has 0 aliphatic heterocycles. The van der Waals surface area contributed by atoms with Crippen molar-refractivity contribution in [1.82, 2.24) is 4.90 Å². The minimum Gasteiger partial charge on any atom is -0.376 e. The molecule has 182 valence electrons. The molecule has 0 fully saturated rings. The van der Waals surface area contributed by atoms with Crippen molar-refractivity contribution >= 4 is 34.8 Å². The Morgan fingerprint density at radius 2 is 1.54 bits per heavy atom. The molecule has 0 aliphatic rings. The third-order valence-electron chi connectivity index (χ3n) is 5.56. The molecule has 2 N–H and O–H groups in total. The number of carbonyl (C=O) groups is 3. The SMILES string of the molecule is CCN(C(=O)c1cccc(NC(=O)CNc2ccc(CCC(=O)N(C)C)cc2)c1)c1ccccc1. The smallest absolute Gasteiger partial charge is 0.258 e. The van der Waals surface area contributed by atoms with Crippen molar-refractivity contribution in [2.24, 2.45) is 0 Å². The zero-order chi connectivity index (χ0) is 25.2. The second-order valence-electron chi connectivity index (χ2n) is 8.35. The van der Waals surface area contributed by atoms with Crippen molar-refractivity contribution in [3.8, 4) is 0 Å². The van der Waals surface area contributed by atoms with Crippen LogP contribution in [-0.4, -0.2) is 49.8 Å². The van der Waals surface area contributed by atoms with E-state index in [0.717, 1.165) is 16.9 Å². The molecule has 0 unspecified atom stereocenters. The maximum atomic E-state index is 13.0. The van der Waals surface area contributed by atoms with Gasteiger partial charge in [0.25, 0.3) is 5.91 Å². The number of carbonyl (C=O) groups excluding carboxylic acids is 3. The van der Waals surface area contributed by atoms with Crippen LogP contribution in [0.15, 0.2) is 78.9 Å². The number of nitrogens with one attached hydrogen (secondary N) is 2. The highest BCUT2D eigenvalue weighted by Gasteiger charge is 2.16. The highest BCUT2D eigenvalue weighted by Crippen LogP contribution is 2.19. The van der Waals surface area contributed by atoms with Gasteiger partial charge in [-0.25, -0.2) is 0 Å². The summed E-state index contributed by atoms with van der Waals surface area (Å²) >= 11 is 0. The van der Waals surface area contributed by atoms with E-state index >= 15 is 0 Å². The first-order chi connectivity index (χ1) is 16.9. The van der Waals surface area contributed by atoms with Gasteiger partial charge in [0, 0.05) is 49.7 Å². The van der Waals surface area contributed by atoms with Gasteiger partial charge in [-0.3, -0.25) is 14.4 Å². The van der Waals surface area contributed by atoms with E-state index in [-0.39, 0.29) is 24.3 Å². The first-order valence-corrected chi connectivity index (χ1v) is 11.7. The molecule has 0 heterocycles. The van der Waals surface area contributed by atoms with Gasteiger partial charge in [0.2, 0.25) is 11.8 Å². The summed E-state index contributed by atoms with van der Waals surface area (Å²) in [6, 6.07) is 24.1. The lowest BCUT2D eigenvalue weighted by Crippen LogP contribution is -2.30. The highest BCUT2D eigenvalue weighted by atomic mass is 16.2. The molecule has 0 bridgehead atoms. The number of nitrogens with zero attached hydrogens (tertiary/aromatic N) is 2. The fourth-order valence-electron chi connectivity index (χ4n) is 3.59. The van der Waals surface area contributed by atoms with Crippen LogP contribution in [0.1, 0.15) is 29.3 Å². The van der Waals surface area contributed by atoms with E-state index in [1.165, 1.54) is 0 Å². The topological polar surface area (TPSA) is 81.8 Å². The fraction of sp³-hybridized carbons (Fsp3) is 0.250. The molecule has 0 saturated heterocycles. The molecule has 35 heavy (non-hydrogen) atoms. The molecule has 0 aliphatic carbocycles. The standard InChI is InChI=1S/C28H32N4O3/c1-4-32(25-11-6-5-7-12-25)28(35)22-9-8-10-24(19-22)30-26(33)20-29-23-16-13-21(14-17-23)15-18-27(34)31(2)3/h5-14,16-17,19,29H,4,15,18,20H2,1-3H3,(H,30,33). The predicted molar refractivity (Wildman–Crippen MR) is 141 cm³/mol. The third kappa shape index (κ3) is 7.43. The van der Waals surface area contributed by atoms with Crippen molar-refractivity contribution in [2.75, 3.05) is 42.7 Å². The Labute approximate surface area is 206 Å². The molecular weight excluding hydrogens is 440 g/mol. The first kappa shape index (κ1) is 25.5. The van der Waals surface area contributed by atoms with Crippen LogP contribution < -0.4 is 15.5 Å². The van der Waals surface area contributed by atoms with Crippen LogP contribution in [0, 0.1) is 0 Å². The van der Waals surface area contributed by atoms with Crippen molar-refractivity contribution in [3.05, 3.63) is 90.0 Å². The summed E-state index contributed by atoms with van der Waals surface area (Å²) in [7, 11) is 3.50. The number of para-hydroxylation sites is 1. The Morgan fingerprint density at radius 1 is 0.829 bits per heavy atom. The lowest BCUT2D eigenvalue weighted by Gasteiger charge is -2.21. The van der Waals surface area contributed by atoms with Gasteiger partial charge < -0.3 is 20.4 Å². The van der Waals surface area contributed by atoms with E-state index < -0.39 is 0 Å². The molecule has 0 saturated carbocycles. The van der Waals surface area contributed by atoms with Crippen molar-refractivity contribution in [3.63, 3.8) is 0 Å². The Balaban J connectivity index is 1.54. The highest BCUT2D eigenvalue weighted by molar-refractivity contribution is 6.07. The number of aryl methyl sites for hydroxylation is 1. The van der Waals surface area contributed by atoms with Gasteiger partial charge in [0.15, 0.2) is 0 Å². The summed E-state index contributed by atoms with van der Waals surface area (Å²) in [6.07, 6.45) is 1.14. The average Bonchev–Trinajstić information content (AvgIpc) is 2.87. The monoisotopic (exact) mass is 472 g/mol. The van der Waals surface area contributed by atoms with Gasteiger partial charge in [-0.1, -0.05) is 36.4 Å². The van der Waals surface area contributed by atoms with Crippen molar-refractivity contribution in [2.45, 2.75) is 19.8 Å². The summed E-state index contributed by atoms with van der Waals surface area (Å²) in [5.74, 6) is -0.247. The van der Waals surface area contributed by atoms with Gasteiger partial charge in [0.05, 0.1) is 6.54 Å². The van der Waals surface area contributed by atoms with Crippen LogP contribution >= 0.6 is 0 Å². The second kappa shape index (κ2) is 12.4. The molecular formula is C28H32N4O3. The van der Waals surface area contributed by atoms with E-state index in [9.17, 15) is 14.4 Å². The zero-order valence-electron chi connectivity index (χ0n) is 20.5. The summed E-state index contributed by atoms with van der Waals surface area (Å²) in [4.78, 5) is 40.5. The molecule has 3 aromatic rings. The van der Waals surface area contributed by atoms with Gasteiger partial charge in [-0.15, -0.1) is 0 Å². The fourth-order valence-corrected chi connectivity index (χ4v) is 3.59. The van der Waals surface area contributed by atoms with Crippen molar-refractivity contribution < 1.29 is 14.4 Å². The molecule has 3 rings (SSSR count). The summed E-state index contributed by atoms with van der Waals surface area (Å²) in [6.45, 7) is 2.55. The van der Waals surface area contributed by atoms with Gasteiger partial charge in [-0.2, -0.15) is 0 Å². The Bertz CT molecular complexity index is 1140. The Hall–Kier alpha value is -4.13. The first-order valence-electron chi connectivity index (χ1n) is 11.7. The lowest BCUT2D eigenvalue weighted by atomic mass is 10.1. The summed E-state index contributed by atoms with van der Waals surface area (Å²) in [5, 5.41) is 5.94. The number of benzene rings is 3. The molecule has 0 radical (unpaired) electrons. The van der Waals surface area contributed by atoms with E-state index in [1.807, 2.05) is 61.5 Å². The lowest BCUT2D eigenvalue weighted by molar-refractivity contribution is -0.128. The average molecular weight is 473 g/mol.